The fourth-order valence-electron chi connectivity index (χ4n) is 6.17. The van der Waals surface area contributed by atoms with Gasteiger partial charge in [-0.25, -0.2) is 14.5 Å². The number of aromatic nitrogens is 4. The summed E-state index contributed by atoms with van der Waals surface area (Å²) < 4.78 is 49.8. The van der Waals surface area contributed by atoms with E-state index in [1.54, 1.807) is 37.8 Å². The Labute approximate surface area is 311 Å². The highest BCUT2D eigenvalue weighted by Crippen LogP contribution is 2.48. The van der Waals surface area contributed by atoms with Gasteiger partial charge in [0.15, 0.2) is 11.2 Å². The SMILES string of the molecule is COc1ccc(C(O[C@H]2C[C@H](n3cnc4c(=O)[nH]c(/N=C/N(C)C)nc43)O[C@@H]2COP(=O)(O)OCCC#N)(c2ccccc2)c2ccc(OC)cc2)cc1. The van der Waals surface area contributed by atoms with Crippen LogP contribution >= 0.6 is 7.82 Å². The van der Waals surface area contributed by atoms with Crippen LogP contribution in [-0.2, 0) is 28.7 Å². The first-order chi connectivity index (χ1) is 26.1. The zero-order chi connectivity index (χ0) is 38.3. The van der Waals surface area contributed by atoms with Crippen molar-refractivity contribution in [1.82, 2.24) is 24.4 Å². The van der Waals surface area contributed by atoms with E-state index in [1.165, 1.54) is 12.7 Å². The molecule has 16 nitrogen and oxygen atoms in total. The van der Waals surface area contributed by atoms with Gasteiger partial charge in [-0.05, 0) is 41.0 Å². The summed E-state index contributed by atoms with van der Waals surface area (Å²) >= 11 is 0. The molecular weight excluding hydrogens is 717 g/mol. The maximum atomic E-state index is 13.0. The number of H-pyrrole nitrogens is 1. The summed E-state index contributed by atoms with van der Waals surface area (Å²) in [6.07, 6.45) is 0.371. The molecule has 54 heavy (non-hydrogen) atoms. The van der Waals surface area contributed by atoms with E-state index < -0.39 is 44.0 Å². The Morgan fingerprint density at radius 2 is 1.67 bits per heavy atom. The lowest BCUT2D eigenvalue weighted by molar-refractivity contribution is -0.0982. The molecule has 0 aliphatic carbocycles. The molecule has 2 N–H and O–H groups in total. The van der Waals surface area contributed by atoms with Crippen molar-refractivity contribution in [1.29, 1.82) is 5.26 Å². The second-order valence-corrected chi connectivity index (χ2v) is 13.9. The number of nitriles is 1. The van der Waals surface area contributed by atoms with Crippen LogP contribution in [0.4, 0.5) is 5.95 Å². The second-order valence-electron chi connectivity index (χ2n) is 12.5. The third kappa shape index (κ3) is 8.37. The summed E-state index contributed by atoms with van der Waals surface area (Å²) in [4.78, 5) is 41.0. The standard InChI is InChI=1S/C37H40N7O9P/c1-43(2)23-40-36-41-34-33(35(45)42-36)39-24-44(34)32-21-30(31(52-32)22-51-54(46,47)50-20-8-19-38)53-37(25-9-6-5-7-10-25,26-11-15-28(48-3)16-12-26)27-13-17-29(49-4)18-14-27/h5-7,9-18,23-24,30-32H,8,20-22H2,1-4H3,(H,46,47)(H,41,42,45)/b40-23+/t30-,31+,32+/m0/s1. The number of imidazole rings is 1. The van der Waals surface area contributed by atoms with E-state index >= 15 is 0 Å². The number of methoxy groups -OCH3 is 2. The molecule has 0 amide bonds. The predicted molar refractivity (Wildman–Crippen MR) is 198 cm³/mol. The molecule has 0 spiro atoms. The van der Waals surface area contributed by atoms with Crippen LogP contribution in [0.3, 0.4) is 0 Å². The van der Waals surface area contributed by atoms with Crippen molar-refractivity contribution < 1.29 is 37.5 Å². The average Bonchev–Trinajstić information content (AvgIpc) is 3.80. The largest absolute Gasteiger partial charge is 0.497 e. The normalized spacial score (nSPS) is 18.4. The molecule has 3 aromatic carbocycles. The van der Waals surface area contributed by atoms with Gasteiger partial charge in [-0.15, -0.1) is 0 Å². The molecule has 17 heteroatoms. The topological polar surface area (TPSA) is 196 Å². The number of fused-ring (bicyclic) bond motifs is 1. The van der Waals surface area contributed by atoms with Crippen molar-refractivity contribution in [2.24, 2.45) is 4.99 Å². The maximum absolute atomic E-state index is 13.0. The zero-order valence-electron chi connectivity index (χ0n) is 30.1. The lowest BCUT2D eigenvalue weighted by Crippen LogP contribution is -2.41. The van der Waals surface area contributed by atoms with Gasteiger partial charge in [-0.1, -0.05) is 54.6 Å². The minimum absolute atomic E-state index is 0.0615. The first-order valence-corrected chi connectivity index (χ1v) is 18.4. The number of rotatable bonds is 16. The summed E-state index contributed by atoms with van der Waals surface area (Å²) in [6.45, 7) is -0.735. The van der Waals surface area contributed by atoms with Crippen LogP contribution in [0.2, 0.25) is 0 Å². The quantitative estimate of drug-likeness (QED) is 0.0446. The summed E-state index contributed by atoms with van der Waals surface area (Å²) in [5, 5.41) is 8.90. The van der Waals surface area contributed by atoms with E-state index in [0.29, 0.717) is 11.5 Å². The molecule has 6 rings (SSSR count). The molecule has 1 aliphatic heterocycles. The molecule has 1 fully saturated rings. The lowest BCUT2D eigenvalue weighted by atomic mass is 9.79. The fourth-order valence-corrected chi connectivity index (χ4v) is 6.90. The predicted octanol–water partition coefficient (Wildman–Crippen LogP) is 5.07. The van der Waals surface area contributed by atoms with Gasteiger partial charge in [0.05, 0.1) is 58.7 Å². The van der Waals surface area contributed by atoms with Gasteiger partial charge < -0.3 is 28.7 Å². The smallest absolute Gasteiger partial charge is 0.472 e. The van der Waals surface area contributed by atoms with Gasteiger partial charge in [-0.3, -0.25) is 23.4 Å². The number of hydrogen-bond acceptors (Lipinski definition) is 12. The Kier molecular flexibility index (Phi) is 11.9. The van der Waals surface area contributed by atoms with Gasteiger partial charge in [0, 0.05) is 20.5 Å². The van der Waals surface area contributed by atoms with Crippen LogP contribution in [0, 0.1) is 11.3 Å². The number of nitrogens with one attached hydrogen (secondary N) is 1. The van der Waals surface area contributed by atoms with Gasteiger partial charge >= 0.3 is 7.82 Å². The Morgan fingerprint density at radius 1 is 1.04 bits per heavy atom. The van der Waals surface area contributed by atoms with Gasteiger partial charge in [-0.2, -0.15) is 10.2 Å². The molecule has 5 aromatic rings. The van der Waals surface area contributed by atoms with Crippen molar-refractivity contribution >= 4 is 31.3 Å². The molecule has 0 saturated carbocycles. The molecule has 3 heterocycles. The van der Waals surface area contributed by atoms with Crippen LogP contribution in [0.15, 0.2) is 95.0 Å². The van der Waals surface area contributed by atoms with Gasteiger partial charge in [0.1, 0.15) is 29.4 Å². The zero-order valence-corrected chi connectivity index (χ0v) is 31.0. The molecule has 4 atom stereocenters. The van der Waals surface area contributed by atoms with E-state index in [2.05, 4.69) is 19.9 Å². The number of nitrogens with zero attached hydrogens (tertiary/aromatic N) is 6. The fraction of sp³-hybridized carbons (Fsp3) is 0.324. The Morgan fingerprint density at radius 3 is 2.26 bits per heavy atom. The van der Waals surface area contributed by atoms with Gasteiger partial charge in [0.25, 0.3) is 5.56 Å². The molecule has 0 radical (unpaired) electrons. The summed E-state index contributed by atoms with van der Waals surface area (Å²) in [6, 6.07) is 26.5. The third-order valence-electron chi connectivity index (χ3n) is 8.69. The number of phosphoric acid groups is 1. The van der Waals surface area contributed by atoms with Crippen LogP contribution < -0.4 is 15.0 Å². The number of benzene rings is 3. The molecular formula is C37H40N7O9P. The number of aromatic amines is 1. The number of hydrogen-bond donors (Lipinski definition) is 2. The second kappa shape index (κ2) is 16.7. The summed E-state index contributed by atoms with van der Waals surface area (Å²) in [5.74, 6) is 1.35. The van der Waals surface area contributed by atoms with E-state index in [9.17, 15) is 14.3 Å². The lowest BCUT2D eigenvalue weighted by Gasteiger charge is -2.39. The van der Waals surface area contributed by atoms with E-state index in [4.69, 9.17) is 33.3 Å². The highest BCUT2D eigenvalue weighted by Gasteiger charge is 2.47. The summed E-state index contributed by atoms with van der Waals surface area (Å²) in [7, 11) is 2.14. The molecule has 282 valence electrons. The highest BCUT2D eigenvalue weighted by molar-refractivity contribution is 7.47. The van der Waals surface area contributed by atoms with Crippen LogP contribution in [-0.4, -0.2) is 89.4 Å². The summed E-state index contributed by atoms with van der Waals surface area (Å²) in [5.41, 5.74) is 0.783. The van der Waals surface area contributed by atoms with E-state index in [1.807, 2.05) is 84.9 Å². The van der Waals surface area contributed by atoms with E-state index in [-0.39, 0.29) is 36.6 Å². The number of ether oxygens (including phenoxy) is 4. The molecule has 1 aliphatic rings. The third-order valence-corrected chi connectivity index (χ3v) is 9.68. The monoisotopic (exact) mass is 757 g/mol. The molecule has 1 saturated heterocycles. The minimum Gasteiger partial charge on any atom is -0.497 e. The maximum Gasteiger partial charge on any atom is 0.472 e. The van der Waals surface area contributed by atoms with Crippen LogP contribution in [0.1, 0.15) is 35.8 Å². The molecule has 2 aromatic heterocycles. The Balaban J connectivity index is 1.46. The molecule has 1 unspecified atom stereocenters. The highest BCUT2D eigenvalue weighted by atomic mass is 31.2. The minimum atomic E-state index is -4.60. The first-order valence-electron chi connectivity index (χ1n) is 16.9. The average molecular weight is 758 g/mol. The first kappa shape index (κ1) is 38.3. The van der Waals surface area contributed by atoms with Crippen molar-refractivity contribution in [2.45, 2.75) is 36.9 Å². The van der Waals surface area contributed by atoms with Crippen molar-refractivity contribution in [2.75, 3.05) is 41.5 Å². The van der Waals surface area contributed by atoms with Crippen molar-refractivity contribution in [3.05, 3.63) is 112 Å². The van der Waals surface area contributed by atoms with Crippen molar-refractivity contribution in [3.8, 4) is 17.6 Å². The van der Waals surface area contributed by atoms with Crippen LogP contribution in [0.25, 0.3) is 11.2 Å². The number of aliphatic imine (C=N–C) groups is 1. The number of phosphoric ester groups is 1. The molecule has 0 bridgehead atoms. The van der Waals surface area contributed by atoms with Gasteiger partial charge in [0.2, 0.25) is 5.95 Å². The van der Waals surface area contributed by atoms with Crippen molar-refractivity contribution in [3.63, 3.8) is 0 Å². The Hall–Kier alpha value is -5.40. The van der Waals surface area contributed by atoms with Crippen LogP contribution in [0.5, 0.6) is 11.5 Å². The van der Waals surface area contributed by atoms with E-state index in [0.717, 1.165) is 16.7 Å². The Bertz CT molecular complexity index is 2160.